The summed E-state index contributed by atoms with van der Waals surface area (Å²) in [5.41, 5.74) is -0.580. The van der Waals surface area contributed by atoms with Crippen LogP contribution >= 0.6 is 0 Å². The molecule has 0 amide bonds. The van der Waals surface area contributed by atoms with Crippen LogP contribution in [0.25, 0.3) is 0 Å². The Hall–Kier alpha value is -1.22. The lowest BCUT2D eigenvalue weighted by Gasteiger charge is -2.13. The molecule has 1 aromatic rings. The number of carbonyl (C=O) groups excluding carboxylic acids is 1. The number of rotatable bonds is 3. The van der Waals surface area contributed by atoms with Crippen LogP contribution in [-0.2, 0) is 11.2 Å². The summed E-state index contributed by atoms with van der Waals surface area (Å²) >= 11 is 0. The van der Waals surface area contributed by atoms with Gasteiger partial charge in [-0.15, -0.1) is 0 Å². The van der Waals surface area contributed by atoms with E-state index >= 15 is 0 Å². The molecular weight excluding hydrogens is 154 g/mol. The maximum Gasteiger partial charge on any atom is 0.151 e. The SMILES string of the molecule is CC(O)(C=O)Cc1ccccn1. The fraction of sp³-hybridized carbons (Fsp3) is 0.333. The van der Waals surface area contributed by atoms with Crippen molar-refractivity contribution in [1.82, 2.24) is 4.98 Å². The number of nitrogens with zero attached hydrogens (tertiary/aromatic N) is 1. The molecular formula is C9H11NO2. The van der Waals surface area contributed by atoms with Crippen LogP contribution in [0.15, 0.2) is 24.4 Å². The lowest BCUT2D eigenvalue weighted by Crippen LogP contribution is -2.29. The van der Waals surface area contributed by atoms with Crippen molar-refractivity contribution >= 4 is 6.29 Å². The van der Waals surface area contributed by atoms with Crippen LogP contribution in [0.5, 0.6) is 0 Å². The number of hydrogen-bond acceptors (Lipinski definition) is 3. The Morgan fingerprint density at radius 1 is 1.67 bits per heavy atom. The van der Waals surface area contributed by atoms with Crippen molar-refractivity contribution in [3.05, 3.63) is 30.1 Å². The van der Waals surface area contributed by atoms with Gasteiger partial charge < -0.3 is 9.90 Å². The van der Waals surface area contributed by atoms with Crippen LogP contribution in [0, 0.1) is 0 Å². The highest BCUT2D eigenvalue weighted by Crippen LogP contribution is 2.07. The van der Waals surface area contributed by atoms with Gasteiger partial charge in [0.1, 0.15) is 5.60 Å². The Kier molecular flexibility index (Phi) is 2.55. The van der Waals surface area contributed by atoms with Gasteiger partial charge in [-0.25, -0.2) is 0 Å². The standard InChI is InChI=1S/C9H11NO2/c1-9(12,7-11)6-8-4-2-3-5-10-8/h2-5,7,12H,6H2,1H3. The lowest BCUT2D eigenvalue weighted by atomic mass is 10.0. The third-order valence-corrected chi connectivity index (χ3v) is 1.52. The molecule has 1 aromatic heterocycles. The van der Waals surface area contributed by atoms with E-state index in [0.29, 0.717) is 6.29 Å². The lowest BCUT2D eigenvalue weighted by molar-refractivity contribution is -0.122. The molecule has 0 radical (unpaired) electrons. The number of aliphatic hydroxyl groups is 1. The molecule has 0 saturated heterocycles. The summed E-state index contributed by atoms with van der Waals surface area (Å²) in [6.07, 6.45) is 2.43. The summed E-state index contributed by atoms with van der Waals surface area (Å²) in [6, 6.07) is 5.39. The fourth-order valence-corrected chi connectivity index (χ4v) is 0.911. The van der Waals surface area contributed by atoms with Crippen LogP contribution in [0.4, 0.5) is 0 Å². The zero-order chi connectivity index (χ0) is 9.03. The van der Waals surface area contributed by atoms with Crippen molar-refractivity contribution in [2.24, 2.45) is 0 Å². The van der Waals surface area contributed by atoms with Gasteiger partial charge in [-0.3, -0.25) is 4.98 Å². The van der Waals surface area contributed by atoms with Gasteiger partial charge in [-0.1, -0.05) is 6.07 Å². The minimum Gasteiger partial charge on any atom is -0.382 e. The highest BCUT2D eigenvalue weighted by molar-refractivity contribution is 5.61. The van der Waals surface area contributed by atoms with E-state index in [-0.39, 0.29) is 6.42 Å². The Labute approximate surface area is 71.1 Å². The van der Waals surface area contributed by atoms with Gasteiger partial charge in [0.25, 0.3) is 0 Å². The fourth-order valence-electron chi connectivity index (χ4n) is 0.911. The van der Waals surface area contributed by atoms with Crippen molar-refractivity contribution in [2.75, 3.05) is 0 Å². The molecule has 64 valence electrons. The predicted molar refractivity (Wildman–Crippen MR) is 44.6 cm³/mol. The minimum atomic E-state index is -1.30. The average Bonchev–Trinajstić information content (AvgIpc) is 2.06. The highest BCUT2D eigenvalue weighted by Gasteiger charge is 2.19. The number of carbonyl (C=O) groups is 1. The molecule has 0 bridgehead atoms. The third kappa shape index (κ3) is 2.43. The number of aromatic nitrogens is 1. The zero-order valence-corrected chi connectivity index (χ0v) is 6.90. The predicted octanol–water partition coefficient (Wildman–Crippen LogP) is 0.574. The van der Waals surface area contributed by atoms with Crippen molar-refractivity contribution < 1.29 is 9.90 Å². The Morgan fingerprint density at radius 2 is 2.42 bits per heavy atom. The summed E-state index contributed by atoms with van der Waals surface area (Å²) in [5, 5.41) is 9.37. The van der Waals surface area contributed by atoms with Gasteiger partial charge in [0.05, 0.1) is 0 Å². The zero-order valence-electron chi connectivity index (χ0n) is 6.90. The third-order valence-electron chi connectivity index (χ3n) is 1.52. The Morgan fingerprint density at radius 3 is 2.92 bits per heavy atom. The summed E-state index contributed by atoms with van der Waals surface area (Å²) in [5.74, 6) is 0. The minimum absolute atomic E-state index is 0.261. The first-order valence-electron chi connectivity index (χ1n) is 3.73. The van der Waals surface area contributed by atoms with E-state index in [4.69, 9.17) is 0 Å². The molecule has 0 aliphatic carbocycles. The highest BCUT2D eigenvalue weighted by atomic mass is 16.3. The molecule has 3 heteroatoms. The first kappa shape index (κ1) is 8.87. The summed E-state index contributed by atoms with van der Waals surface area (Å²) in [4.78, 5) is 14.3. The van der Waals surface area contributed by atoms with Crippen molar-refractivity contribution in [2.45, 2.75) is 18.9 Å². The van der Waals surface area contributed by atoms with Gasteiger partial charge in [-0.2, -0.15) is 0 Å². The topological polar surface area (TPSA) is 50.2 Å². The second kappa shape index (κ2) is 3.45. The summed E-state index contributed by atoms with van der Waals surface area (Å²) < 4.78 is 0. The molecule has 0 aromatic carbocycles. The average molecular weight is 165 g/mol. The second-order valence-electron chi connectivity index (χ2n) is 2.97. The molecule has 3 nitrogen and oxygen atoms in total. The van der Waals surface area contributed by atoms with E-state index in [0.717, 1.165) is 5.69 Å². The van der Waals surface area contributed by atoms with E-state index in [2.05, 4.69) is 4.98 Å². The van der Waals surface area contributed by atoms with Crippen LogP contribution in [-0.4, -0.2) is 22.0 Å². The van der Waals surface area contributed by atoms with E-state index in [9.17, 15) is 9.90 Å². The van der Waals surface area contributed by atoms with Crippen molar-refractivity contribution in [3.8, 4) is 0 Å². The van der Waals surface area contributed by atoms with E-state index < -0.39 is 5.60 Å². The van der Waals surface area contributed by atoms with Gasteiger partial charge in [0, 0.05) is 18.3 Å². The maximum absolute atomic E-state index is 10.4. The summed E-state index contributed by atoms with van der Waals surface area (Å²) in [7, 11) is 0. The van der Waals surface area contributed by atoms with Gasteiger partial charge >= 0.3 is 0 Å². The normalized spacial score (nSPS) is 15.2. The first-order valence-corrected chi connectivity index (χ1v) is 3.73. The van der Waals surface area contributed by atoms with Gasteiger partial charge in [0.2, 0.25) is 0 Å². The molecule has 0 aliphatic rings. The Balaban J connectivity index is 2.70. The van der Waals surface area contributed by atoms with Crippen LogP contribution in [0.1, 0.15) is 12.6 Å². The molecule has 1 unspecified atom stereocenters. The summed E-state index contributed by atoms with van der Waals surface area (Å²) in [6.45, 7) is 1.47. The van der Waals surface area contributed by atoms with Crippen LogP contribution in [0.3, 0.4) is 0 Å². The smallest absolute Gasteiger partial charge is 0.151 e. The molecule has 0 aliphatic heterocycles. The van der Waals surface area contributed by atoms with Gasteiger partial charge in [0.15, 0.2) is 6.29 Å². The largest absolute Gasteiger partial charge is 0.382 e. The second-order valence-corrected chi connectivity index (χ2v) is 2.97. The molecule has 1 atom stereocenters. The van der Waals surface area contributed by atoms with Crippen molar-refractivity contribution in [3.63, 3.8) is 0 Å². The monoisotopic (exact) mass is 165 g/mol. The number of hydrogen-bond donors (Lipinski definition) is 1. The van der Waals surface area contributed by atoms with E-state index in [1.54, 1.807) is 18.3 Å². The van der Waals surface area contributed by atoms with Gasteiger partial charge in [-0.05, 0) is 19.1 Å². The van der Waals surface area contributed by atoms with Crippen LogP contribution in [0.2, 0.25) is 0 Å². The first-order chi connectivity index (χ1) is 5.64. The molecule has 0 fully saturated rings. The van der Waals surface area contributed by atoms with E-state index in [1.165, 1.54) is 6.92 Å². The van der Waals surface area contributed by atoms with Crippen LogP contribution < -0.4 is 0 Å². The Bertz CT molecular complexity index is 256. The molecule has 12 heavy (non-hydrogen) atoms. The molecule has 1 rings (SSSR count). The van der Waals surface area contributed by atoms with E-state index in [1.807, 2.05) is 6.07 Å². The molecule has 1 heterocycles. The number of aldehydes is 1. The quantitative estimate of drug-likeness (QED) is 0.666. The maximum atomic E-state index is 10.4. The molecule has 0 saturated carbocycles. The molecule has 1 N–H and O–H groups in total. The van der Waals surface area contributed by atoms with Crippen molar-refractivity contribution in [1.29, 1.82) is 0 Å². The number of pyridine rings is 1. The molecule has 0 spiro atoms.